The molecule has 3 aromatic heterocycles. The van der Waals surface area contributed by atoms with Gasteiger partial charge in [-0.2, -0.15) is 0 Å². The molecule has 1 saturated carbocycles. The molecule has 1 aliphatic rings. The highest BCUT2D eigenvalue weighted by Crippen LogP contribution is 2.29. The highest BCUT2D eigenvalue weighted by Gasteiger charge is 2.21. The quantitative estimate of drug-likeness (QED) is 0.352. The molecule has 37 heavy (non-hydrogen) atoms. The Kier molecular flexibility index (Phi) is 7.11. The summed E-state index contributed by atoms with van der Waals surface area (Å²) in [7, 11) is -3.63. The molecule has 1 aliphatic carbocycles. The van der Waals surface area contributed by atoms with Crippen LogP contribution >= 0.6 is 11.6 Å². The second-order valence-corrected chi connectivity index (χ2v) is 12.1. The van der Waals surface area contributed by atoms with Crippen molar-refractivity contribution in [1.29, 1.82) is 0 Å². The number of fused-ring (bicyclic) bond motifs is 1. The number of sulfone groups is 1. The Morgan fingerprint density at radius 1 is 1.00 bits per heavy atom. The van der Waals surface area contributed by atoms with Crippen LogP contribution in [-0.2, 0) is 15.6 Å². The van der Waals surface area contributed by atoms with Gasteiger partial charge in [-0.25, -0.2) is 23.4 Å². The molecule has 0 atom stereocenters. The first-order chi connectivity index (χ1) is 17.7. The number of aryl methyl sites for hydroxylation is 2. The number of aromatic nitrogens is 4. The van der Waals surface area contributed by atoms with Crippen LogP contribution in [0.2, 0.25) is 5.02 Å². The summed E-state index contributed by atoms with van der Waals surface area (Å²) >= 11 is 6.11. The van der Waals surface area contributed by atoms with Crippen molar-refractivity contribution in [2.75, 3.05) is 5.32 Å². The molecule has 0 bridgehead atoms. The monoisotopic (exact) mass is 536 g/mol. The van der Waals surface area contributed by atoms with Crippen molar-refractivity contribution in [3.05, 3.63) is 70.6 Å². The van der Waals surface area contributed by atoms with Crippen LogP contribution in [-0.4, -0.2) is 40.4 Å². The fourth-order valence-electron chi connectivity index (χ4n) is 4.77. The number of rotatable bonds is 6. The molecule has 0 radical (unpaired) electrons. The van der Waals surface area contributed by atoms with E-state index in [4.69, 9.17) is 27.3 Å². The number of hydrogen-bond donors (Lipinski definition) is 2. The minimum atomic E-state index is -3.63. The van der Waals surface area contributed by atoms with Crippen molar-refractivity contribution in [3.8, 4) is 11.3 Å². The van der Waals surface area contributed by atoms with Crippen molar-refractivity contribution in [3.63, 3.8) is 0 Å². The lowest BCUT2D eigenvalue weighted by atomic mass is 9.92. The summed E-state index contributed by atoms with van der Waals surface area (Å²) in [5, 5.41) is 3.65. The van der Waals surface area contributed by atoms with Crippen LogP contribution < -0.4 is 11.1 Å². The highest BCUT2D eigenvalue weighted by molar-refractivity contribution is 7.90. The average molecular weight is 537 g/mol. The SMILES string of the molecule is Cc1cc(CS(=O)(=O)c2ccccc2Cl)ncc1-c1cc(C)c2nc(NC3CCC(N)CC3)ncc2n1. The summed E-state index contributed by atoms with van der Waals surface area (Å²) in [5.74, 6) is 0.367. The molecule has 1 aromatic carbocycles. The summed E-state index contributed by atoms with van der Waals surface area (Å²) in [4.78, 5) is 18.6. The number of pyridine rings is 2. The lowest BCUT2D eigenvalue weighted by molar-refractivity contribution is 0.410. The number of nitrogens with two attached hydrogens (primary N) is 1. The smallest absolute Gasteiger partial charge is 0.223 e. The number of nitrogens with zero attached hydrogens (tertiary/aromatic N) is 4. The van der Waals surface area contributed by atoms with Gasteiger partial charge >= 0.3 is 0 Å². The van der Waals surface area contributed by atoms with E-state index in [9.17, 15) is 8.42 Å². The molecule has 1 fully saturated rings. The first-order valence-electron chi connectivity index (χ1n) is 12.3. The molecule has 192 valence electrons. The third kappa shape index (κ3) is 5.58. The van der Waals surface area contributed by atoms with Crippen LogP contribution in [0.1, 0.15) is 42.5 Å². The average Bonchev–Trinajstić information content (AvgIpc) is 2.86. The molecule has 0 unspecified atom stereocenters. The maximum atomic E-state index is 12.9. The van der Waals surface area contributed by atoms with Crippen molar-refractivity contribution >= 4 is 38.4 Å². The predicted molar refractivity (Wildman–Crippen MR) is 146 cm³/mol. The molecular formula is C27H29ClN6O2S. The molecule has 3 heterocycles. The number of nitrogens with one attached hydrogen (secondary N) is 1. The molecular weight excluding hydrogens is 508 g/mol. The molecule has 0 amide bonds. The summed E-state index contributed by atoms with van der Waals surface area (Å²) in [6.45, 7) is 3.92. The van der Waals surface area contributed by atoms with Gasteiger partial charge in [0.1, 0.15) is 5.52 Å². The normalized spacial score (nSPS) is 18.2. The van der Waals surface area contributed by atoms with Gasteiger partial charge in [-0.05, 0) is 74.9 Å². The Morgan fingerprint density at radius 2 is 1.76 bits per heavy atom. The fraction of sp³-hybridized carbons (Fsp3) is 0.333. The van der Waals surface area contributed by atoms with Crippen molar-refractivity contribution in [1.82, 2.24) is 19.9 Å². The molecule has 5 rings (SSSR count). The van der Waals surface area contributed by atoms with Gasteiger partial charge in [0, 0.05) is 23.8 Å². The Bertz CT molecular complexity index is 1570. The standard InChI is InChI=1S/C27H29ClN6O2S/c1-16-11-20(15-37(35,36)25-6-4-3-5-22(25)28)30-13-21(16)23-12-17(2)26-24(33-23)14-31-27(34-26)32-19-9-7-18(29)8-10-19/h3-6,11-14,18-19H,7-10,15,29H2,1-2H3,(H,31,32,34). The number of hydrogen-bond acceptors (Lipinski definition) is 8. The van der Waals surface area contributed by atoms with Crippen LogP contribution in [0.5, 0.6) is 0 Å². The van der Waals surface area contributed by atoms with Gasteiger partial charge in [-0.15, -0.1) is 0 Å². The van der Waals surface area contributed by atoms with Gasteiger partial charge in [0.05, 0.1) is 38.8 Å². The largest absolute Gasteiger partial charge is 0.351 e. The minimum absolute atomic E-state index is 0.105. The molecule has 10 heteroatoms. The van der Waals surface area contributed by atoms with Crippen molar-refractivity contribution in [2.24, 2.45) is 5.73 Å². The van der Waals surface area contributed by atoms with E-state index in [-0.39, 0.29) is 15.7 Å². The molecule has 3 N–H and O–H groups in total. The van der Waals surface area contributed by atoms with Gasteiger partial charge in [0.25, 0.3) is 0 Å². The summed E-state index contributed by atoms with van der Waals surface area (Å²) in [6.07, 6.45) is 7.45. The summed E-state index contributed by atoms with van der Waals surface area (Å²) in [5.41, 5.74) is 11.4. The van der Waals surface area contributed by atoms with Gasteiger partial charge < -0.3 is 11.1 Å². The van der Waals surface area contributed by atoms with E-state index in [0.29, 0.717) is 29.2 Å². The van der Waals surface area contributed by atoms with Crippen LogP contribution in [0.4, 0.5) is 5.95 Å². The van der Waals surface area contributed by atoms with E-state index >= 15 is 0 Å². The Hall–Kier alpha value is -3.14. The van der Waals surface area contributed by atoms with Gasteiger partial charge in [0.2, 0.25) is 5.95 Å². The number of halogens is 1. The van der Waals surface area contributed by atoms with Gasteiger partial charge in [-0.3, -0.25) is 4.98 Å². The lowest BCUT2D eigenvalue weighted by Crippen LogP contribution is -2.33. The zero-order chi connectivity index (χ0) is 26.2. The van der Waals surface area contributed by atoms with Crippen LogP contribution in [0, 0.1) is 13.8 Å². The fourth-order valence-corrected chi connectivity index (χ4v) is 6.61. The first kappa shape index (κ1) is 25.5. The maximum absolute atomic E-state index is 12.9. The van der Waals surface area contributed by atoms with E-state index in [2.05, 4.69) is 15.3 Å². The Labute approximate surface area is 221 Å². The second-order valence-electron chi connectivity index (χ2n) is 9.69. The lowest BCUT2D eigenvalue weighted by Gasteiger charge is -2.26. The third-order valence-electron chi connectivity index (χ3n) is 6.80. The zero-order valence-corrected chi connectivity index (χ0v) is 22.4. The second kappa shape index (κ2) is 10.3. The first-order valence-corrected chi connectivity index (χ1v) is 14.3. The zero-order valence-electron chi connectivity index (χ0n) is 20.8. The molecule has 8 nitrogen and oxygen atoms in total. The number of benzene rings is 1. The Morgan fingerprint density at radius 3 is 2.49 bits per heavy atom. The highest BCUT2D eigenvalue weighted by atomic mass is 35.5. The summed E-state index contributed by atoms with van der Waals surface area (Å²) < 4.78 is 25.8. The molecule has 0 spiro atoms. The van der Waals surface area contributed by atoms with E-state index in [1.807, 2.05) is 19.9 Å². The van der Waals surface area contributed by atoms with Crippen LogP contribution in [0.15, 0.2) is 53.7 Å². The van der Waals surface area contributed by atoms with Crippen molar-refractivity contribution < 1.29 is 8.42 Å². The van der Waals surface area contributed by atoms with E-state index in [1.54, 1.807) is 36.7 Å². The summed E-state index contributed by atoms with van der Waals surface area (Å²) in [6, 6.07) is 10.8. The molecule has 4 aromatic rings. The van der Waals surface area contributed by atoms with E-state index in [1.165, 1.54) is 6.07 Å². The topological polar surface area (TPSA) is 124 Å². The van der Waals surface area contributed by atoms with Crippen LogP contribution in [0.3, 0.4) is 0 Å². The van der Waals surface area contributed by atoms with Crippen molar-refractivity contribution in [2.45, 2.75) is 62.3 Å². The third-order valence-corrected chi connectivity index (χ3v) is 8.94. The predicted octanol–water partition coefficient (Wildman–Crippen LogP) is 5.01. The molecule has 0 aliphatic heterocycles. The minimum Gasteiger partial charge on any atom is -0.351 e. The van der Waals surface area contributed by atoms with Crippen LogP contribution in [0.25, 0.3) is 22.3 Å². The van der Waals surface area contributed by atoms with Gasteiger partial charge in [-0.1, -0.05) is 23.7 Å². The van der Waals surface area contributed by atoms with E-state index < -0.39 is 9.84 Å². The van der Waals surface area contributed by atoms with Gasteiger partial charge in [0.15, 0.2) is 9.84 Å². The number of anilines is 1. The maximum Gasteiger partial charge on any atom is 0.223 e. The molecule has 0 saturated heterocycles. The Balaban J connectivity index is 1.38. The van der Waals surface area contributed by atoms with E-state index in [0.717, 1.165) is 53.6 Å².